The van der Waals surface area contributed by atoms with Crippen molar-refractivity contribution in [3.05, 3.63) is 114 Å². The number of nitrogens with zero attached hydrogens (tertiary/aromatic N) is 2. The lowest BCUT2D eigenvalue weighted by Gasteiger charge is -2.13. The lowest BCUT2D eigenvalue weighted by molar-refractivity contribution is 0.335. The molecular formula is C30H26F2N2O. The van der Waals surface area contributed by atoms with E-state index in [0.29, 0.717) is 23.1 Å². The van der Waals surface area contributed by atoms with Crippen molar-refractivity contribution in [3.8, 4) is 22.3 Å². The van der Waals surface area contributed by atoms with Gasteiger partial charge in [0, 0.05) is 46.2 Å². The highest BCUT2D eigenvalue weighted by Crippen LogP contribution is 2.33. The van der Waals surface area contributed by atoms with Gasteiger partial charge in [-0.1, -0.05) is 37.8 Å². The molecule has 0 saturated heterocycles. The third-order valence-corrected chi connectivity index (χ3v) is 5.92. The van der Waals surface area contributed by atoms with Gasteiger partial charge in [-0.05, 0) is 72.0 Å². The summed E-state index contributed by atoms with van der Waals surface area (Å²) in [6.45, 7) is 7.62. The Balaban J connectivity index is 1.84. The molecule has 0 saturated carbocycles. The number of benzene rings is 2. The molecule has 3 nitrogen and oxygen atoms in total. The third-order valence-electron chi connectivity index (χ3n) is 5.92. The Kier molecular flexibility index (Phi) is 7.28. The van der Waals surface area contributed by atoms with Gasteiger partial charge in [0.2, 0.25) is 0 Å². The highest BCUT2D eigenvalue weighted by atomic mass is 19.1. The first-order valence-electron chi connectivity index (χ1n) is 11.4. The number of hydrogen-bond donors (Lipinski definition) is 1. The lowest BCUT2D eigenvalue weighted by Crippen LogP contribution is -1.96. The van der Waals surface area contributed by atoms with Crippen molar-refractivity contribution in [1.82, 2.24) is 9.97 Å². The molecule has 0 fully saturated rings. The molecular weight excluding hydrogens is 442 g/mol. The summed E-state index contributed by atoms with van der Waals surface area (Å²) >= 11 is 0. The number of aromatic nitrogens is 2. The monoisotopic (exact) mass is 468 g/mol. The molecule has 4 aromatic rings. The predicted molar refractivity (Wildman–Crippen MR) is 139 cm³/mol. The van der Waals surface area contributed by atoms with E-state index in [-0.39, 0.29) is 6.61 Å². The van der Waals surface area contributed by atoms with Gasteiger partial charge in [-0.15, -0.1) is 0 Å². The van der Waals surface area contributed by atoms with Gasteiger partial charge < -0.3 is 5.11 Å². The van der Waals surface area contributed by atoms with Crippen LogP contribution in [0.1, 0.15) is 25.1 Å². The van der Waals surface area contributed by atoms with Crippen LogP contribution in [0.3, 0.4) is 0 Å². The quantitative estimate of drug-likeness (QED) is 0.289. The second-order valence-corrected chi connectivity index (χ2v) is 8.18. The average Bonchev–Trinajstić information content (AvgIpc) is 2.88. The molecule has 0 radical (unpaired) electrons. The average molecular weight is 469 g/mol. The highest BCUT2D eigenvalue weighted by Gasteiger charge is 2.14. The molecule has 0 aliphatic carbocycles. The topological polar surface area (TPSA) is 46.0 Å². The van der Waals surface area contributed by atoms with Crippen LogP contribution in [-0.4, -0.2) is 21.7 Å². The van der Waals surface area contributed by atoms with Crippen molar-refractivity contribution >= 4 is 16.5 Å². The van der Waals surface area contributed by atoms with Gasteiger partial charge in [-0.3, -0.25) is 9.97 Å². The molecule has 176 valence electrons. The van der Waals surface area contributed by atoms with Crippen LogP contribution in [-0.2, 0) is 6.42 Å². The number of aliphatic hydroxyl groups excluding tert-OH is 1. The Morgan fingerprint density at radius 2 is 1.80 bits per heavy atom. The zero-order chi connectivity index (χ0) is 24.9. The summed E-state index contributed by atoms with van der Waals surface area (Å²) in [5, 5.41) is 10.2. The molecule has 0 amide bonds. The Morgan fingerprint density at radius 1 is 0.971 bits per heavy atom. The summed E-state index contributed by atoms with van der Waals surface area (Å²) in [7, 11) is 0. The van der Waals surface area contributed by atoms with Crippen LogP contribution in [0.15, 0.2) is 91.3 Å². The molecule has 2 heterocycles. The number of pyridine rings is 2. The Morgan fingerprint density at radius 3 is 2.51 bits per heavy atom. The van der Waals surface area contributed by atoms with Crippen LogP contribution in [0.2, 0.25) is 0 Å². The molecule has 0 bridgehead atoms. The molecule has 0 aliphatic heterocycles. The Hall–Kier alpha value is -3.96. The molecule has 2 aromatic carbocycles. The molecule has 0 unspecified atom stereocenters. The smallest absolute Gasteiger partial charge is 0.134 e. The summed E-state index contributed by atoms with van der Waals surface area (Å²) < 4.78 is 28.1. The standard InChI is InChI=1S/C30H26F2N2O/c1-4-20(7-6-19(3)18-35)24-12-13-33-30-11-8-21(14-26(24)30)22-15-27(29(5-2)34-17-22)25-10-9-23(31)16-28(25)32/h4,6-17,35H,3,5,18H2,1-2H3/b7-6-,20-4+. The van der Waals surface area contributed by atoms with E-state index in [2.05, 4.69) is 16.5 Å². The van der Waals surface area contributed by atoms with Crippen molar-refractivity contribution < 1.29 is 13.9 Å². The fourth-order valence-electron chi connectivity index (χ4n) is 4.05. The fourth-order valence-corrected chi connectivity index (χ4v) is 4.05. The maximum Gasteiger partial charge on any atom is 0.134 e. The van der Waals surface area contributed by atoms with E-state index in [1.54, 1.807) is 18.5 Å². The molecule has 5 heteroatoms. The zero-order valence-electron chi connectivity index (χ0n) is 19.7. The first kappa shape index (κ1) is 24.2. The minimum Gasteiger partial charge on any atom is -0.392 e. The number of aryl methyl sites for hydroxylation is 1. The van der Waals surface area contributed by atoms with E-state index in [4.69, 9.17) is 0 Å². The predicted octanol–water partition coefficient (Wildman–Crippen LogP) is 7.31. The van der Waals surface area contributed by atoms with E-state index < -0.39 is 11.6 Å². The minimum atomic E-state index is -0.613. The molecule has 1 N–H and O–H groups in total. The molecule has 0 atom stereocenters. The number of allylic oxidation sites excluding steroid dienone is 3. The summed E-state index contributed by atoms with van der Waals surface area (Å²) in [6, 6.07) is 13.4. The second-order valence-electron chi connectivity index (χ2n) is 8.18. The number of hydrogen-bond acceptors (Lipinski definition) is 3. The van der Waals surface area contributed by atoms with Crippen molar-refractivity contribution in [1.29, 1.82) is 0 Å². The van der Waals surface area contributed by atoms with Crippen LogP contribution in [0.5, 0.6) is 0 Å². The first-order chi connectivity index (χ1) is 16.9. The number of fused-ring (bicyclic) bond motifs is 1. The van der Waals surface area contributed by atoms with Gasteiger partial charge in [0.15, 0.2) is 0 Å². The maximum absolute atomic E-state index is 14.6. The van der Waals surface area contributed by atoms with E-state index in [1.807, 2.05) is 56.3 Å². The van der Waals surface area contributed by atoms with Crippen LogP contribution in [0, 0.1) is 11.6 Å². The lowest BCUT2D eigenvalue weighted by atomic mass is 9.95. The largest absolute Gasteiger partial charge is 0.392 e. The van der Waals surface area contributed by atoms with Crippen LogP contribution in [0.4, 0.5) is 8.78 Å². The van der Waals surface area contributed by atoms with Gasteiger partial charge in [0.1, 0.15) is 11.6 Å². The van der Waals surface area contributed by atoms with Gasteiger partial charge in [-0.2, -0.15) is 0 Å². The molecule has 0 spiro atoms. The van der Waals surface area contributed by atoms with Gasteiger partial charge in [0.25, 0.3) is 0 Å². The van der Waals surface area contributed by atoms with E-state index >= 15 is 0 Å². The van der Waals surface area contributed by atoms with Crippen molar-refractivity contribution in [3.63, 3.8) is 0 Å². The summed E-state index contributed by atoms with van der Waals surface area (Å²) in [6.07, 6.45) is 9.88. The van der Waals surface area contributed by atoms with Crippen molar-refractivity contribution in [2.75, 3.05) is 6.61 Å². The van der Waals surface area contributed by atoms with E-state index in [1.165, 1.54) is 12.1 Å². The highest BCUT2D eigenvalue weighted by molar-refractivity contribution is 5.96. The van der Waals surface area contributed by atoms with Crippen molar-refractivity contribution in [2.45, 2.75) is 20.3 Å². The summed E-state index contributed by atoms with van der Waals surface area (Å²) in [5.74, 6) is -1.23. The van der Waals surface area contributed by atoms with Gasteiger partial charge in [0.05, 0.1) is 12.1 Å². The number of rotatable bonds is 7. The maximum atomic E-state index is 14.6. The van der Waals surface area contributed by atoms with Crippen molar-refractivity contribution in [2.24, 2.45) is 0 Å². The summed E-state index contributed by atoms with van der Waals surface area (Å²) in [5.41, 5.74) is 6.86. The van der Waals surface area contributed by atoms with Gasteiger partial charge >= 0.3 is 0 Å². The molecule has 4 rings (SSSR count). The number of halogens is 2. The molecule has 35 heavy (non-hydrogen) atoms. The zero-order valence-corrected chi connectivity index (χ0v) is 19.7. The van der Waals surface area contributed by atoms with Gasteiger partial charge in [-0.25, -0.2) is 8.78 Å². The molecule has 0 aliphatic rings. The Labute approximate surface area is 203 Å². The molecule has 2 aromatic heterocycles. The normalized spacial score (nSPS) is 12.0. The first-order valence-corrected chi connectivity index (χ1v) is 11.4. The SMILES string of the molecule is C=C(/C=C\C(=C/C)c1ccnc2ccc(-c3cnc(CC)c(-c4ccc(F)cc4F)c3)cc12)CO. The third kappa shape index (κ3) is 5.10. The minimum absolute atomic E-state index is 0.105. The second kappa shape index (κ2) is 10.5. The van der Waals surface area contributed by atoms with E-state index in [9.17, 15) is 13.9 Å². The summed E-state index contributed by atoms with van der Waals surface area (Å²) in [4.78, 5) is 9.10. The van der Waals surface area contributed by atoms with Crippen LogP contribution >= 0.6 is 0 Å². The number of aliphatic hydroxyl groups is 1. The fraction of sp³-hybridized carbons (Fsp3) is 0.133. The Bertz CT molecular complexity index is 1470. The van der Waals surface area contributed by atoms with Crippen LogP contribution in [0.25, 0.3) is 38.7 Å². The van der Waals surface area contributed by atoms with E-state index in [0.717, 1.165) is 44.9 Å². The van der Waals surface area contributed by atoms with Crippen LogP contribution < -0.4 is 0 Å².